The normalized spacial score (nSPS) is 16.3. The lowest BCUT2D eigenvalue weighted by Crippen LogP contribution is -2.32. The Kier molecular flexibility index (Phi) is 4.41. The predicted octanol–water partition coefficient (Wildman–Crippen LogP) is 3.31. The number of aliphatic hydroxyl groups excluding tert-OH is 1. The van der Waals surface area contributed by atoms with Gasteiger partial charge in [-0.1, -0.05) is 30.3 Å². The maximum atomic E-state index is 10.1. The van der Waals surface area contributed by atoms with E-state index in [1.165, 1.54) is 5.56 Å². The minimum Gasteiger partial charge on any atom is -0.351 e. The molecule has 1 saturated carbocycles. The number of nitrogens with zero attached hydrogens (tertiary/aromatic N) is 2. The third-order valence-corrected chi connectivity index (χ3v) is 3.69. The number of ether oxygens (including phenoxy) is 1. The summed E-state index contributed by atoms with van der Waals surface area (Å²) in [5, 5.41) is 17.8. The van der Waals surface area contributed by atoms with Gasteiger partial charge in [0.05, 0.1) is 23.5 Å². The standard InChI is InChI=1S/C18H25N3O2/c1-18(2,3)23-17(22)19-15-12-21(20-16(15)14-9-10-14)11-13-7-5-4-6-8-13/h4-8,12,14,17,19,22H,9-11H2,1-3H3. The van der Waals surface area contributed by atoms with Crippen molar-refractivity contribution in [2.24, 2.45) is 0 Å². The van der Waals surface area contributed by atoms with Crippen LogP contribution >= 0.6 is 0 Å². The van der Waals surface area contributed by atoms with Crippen LogP contribution in [0.5, 0.6) is 0 Å². The number of hydrogen-bond acceptors (Lipinski definition) is 4. The summed E-state index contributed by atoms with van der Waals surface area (Å²) in [5.41, 5.74) is 2.68. The fourth-order valence-electron chi connectivity index (χ4n) is 2.55. The number of rotatable bonds is 6. The molecule has 1 atom stereocenters. The number of anilines is 1. The van der Waals surface area contributed by atoms with E-state index in [2.05, 4.69) is 17.4 Å². The van der Waals surface area contributed by atoms with Gasteiger partial charge in [-0.2, -0.15) is 5.10 Å². The van der Waals surface area contributed by atoms with Crippen LogP contribution in [0.15, 0.2) is 36.5 Å². The lowest BCUT2D eigenvalue weighted by atomic mass is 10.2. The molecule has 0 spiro atoms. The zero-order chi connectivity index (χ0) is 16.4. The van der Waals surface area contributed by atoms with Crippen LogP contribution in [0.4, 0.5) is 5.69 Å². The molecule has 23 heavy (non-hydrogen) atoms. The van der Waals surface area contributed by atoms with Crippen LogP contribution in [0.25, 0.3) is 0 Å². The fraction of sp³-hybridized carbons (Fsp3) is 0.500. The molecule has 0 radical (unpaired) electrons. The Morgan fingerprint density at radius 3 is 2.61 bits per heavy atom. The van der Waals surface area contributed by atoms with Crippen molar-refractivity contribution in [3.63, 3.8) is 0 Å². The first kappa shape index (κ1) is 16.0. The van der Waals surface area contributed by atoms with Crippen molar-refractivity contribution < 1.29 is 9.84 Å². The lowest BCUT2D eigenvalue weighted by Gasteiger charge is -2.24. The van der Waals surface area contributed by atoms with Gasteiger partial charge in [0.15, 0.2) is 0 Å². The maximum absolute atomic E-state index is 10.1. The first-order valence-corrected chi connectivity index (χ1v) is 8.14. The van der Waals surface area contributed by atoms with E-state index in [9.17, 15) is 5.11 Å². The van der Waals surface area contributed by atoms with E-state index < -0.39 is 12.0 Å². The Balaban J connectivity index is 1.74. The monoisotopic (exact) mass is 315 g/mol. The molecule has 5 heteroatoms. The second-order valence-electron chi connectivity index (χ2n) is 7.11. The van der Waals surface area contributed by atoms with E-state index >= 15 is 0 Å². The van der Waals surface area contributed by atoms with E-state index in [-0.39, 0.29) is 0 Å². The second-order valence-corrected chi connectivity index (χ2v) is 7.11. The van der Waals surface area contributed by atoms with Crippen molar-refractivity contribution in [2.75, 3.05) is 5.32 Å². The molecule has 1 aromatic carbocycles. The van der Waals surface area contributed by atoms with Crippen LogP contribution in [-0.4, -0.2) is 26.9 Å². The Morgan fingerprint density at radius 1 is 1.30 bits per heavy atom. The van der Waals surface area contributed by atoms with Gasteiger partial charge >= 0.3 is 0 Å². The van der Waals surface area contributed by atoms with Crippen molar-refractivity contribution in [1.82, 2.24) is 9.78 Å². The van der Waals surface area contributed by atoms with Crippen molar-refractivity contribution in [2.45, 2.75) is 58.1 Å². The van der Waals surface area contributed by atoms with Crippen LogP contribution in [-0.2, 0) is 11.3 Å². The number of aliphatic hydroxyl groups is 1. The molecule has 1 heterocycles. The molecule has 5 nitrogen and oxygen atoms in total. The molecule has 1 fully saturated rings. The Labute approximate surface area is 137 Å². The molecule has 0 aliphatic heterocycles. The molecule has 1 aliphatic carbocycles. The highest BCUT2D eigenvalue weighted by Gasteiger charge is 2.30. The van der Waals surface area contributed by atoms with E-state index in [1.54, 1.807) is 0 Å². The summed E-state index contributed by atoms with van der Waals surface area (Å²) in [6, 6.07) is 10.2. The summed E-state index contributed by atoms with van der Waals surface area (Å²) < 4.78 is 7.46. The number of hydrogen-bond donors (Lipinski definition) is 2. The summed E-state index contributed by atoms with van der Waals surface area (Å²) in [6.07, 6.45) is 3.23. The minimum atomic E-state index is -1.04. The largest absolute Gasteiger partial charge is 0.351 e. The fourth-order valence-corrected chi connectivity index (χ4v) is 2.55. The van der Waals surface area contributed by atoms with Gasteiger partial charge in [0.1, 0.15) is 0 Å². The molecule has 2 aromatic rings. The lowest BCUT2D eigenvalue weighted by molar-refractivity contribution is -0.148. The average molecular weight is 315 g/mol. The molecule has 1 aromatic heterocycles. The van der Waals surface area contributed by atoms with Crippen molar-refractivity contribution in [1.29, 1.82) is 0 Å². The zero-order valence-corrected chi connectivity index (χ0v) is 14.0. The van der Waals surface area contributed by atoms with Gasteiger partial charge in [0.25, 0.3) is 0 Å². The molecule has 2 N–H and O–H groups in total. The van der Waals surface area contributed by atoms with Crippen LogP contribution in [0, 0.1) is 0 Å². The van der Waals surface area contributed by atoms with Gasteiger partial charge in [-0.25, -0.2) is 0 Å². The zero-order valence-electron chi connectivity index (χ0n) is 14.0. The van der Waals surface area contributed by atoms with Gasteiger partial charge in [-0.15, -0.1) is 0 Å². The number of benzene rings is 1. The molecule has 3 rings (SSSR count). The predicted molar refractivity (Wildman–Crippen MR) is 90.2 cm³/mol. The minimum absolute atomic E-state index is 0.411. The van der Waals surface area contributed by atoms with E-state index in [0.29, 0.717) is 5.92 Å². The summed E-state index contributed by atoms with van der Waals surface area (Å²) in [6.45, 7) is 6.47. The van der Waals surface area contributed by atoms with Crippen LogP contribution in [0.1, 0.15) is 50.8 Å². The number of aromatic nitrogens is 2. The molecule has 1 aliphatic rings. The molecule has 124 valence electrons. The Morgan fingerprint density at radius 2 is 2.00 bits per heavy atom. The summed E-state index contributed by atoms with van der Waals surface area (Å²) in [5.74, 6) is 0.497. The first-order chi connectivity index (χ1) is 10.9. The highest BCUT2D eigenvalue weighted by atomic mass is 16.6. The average Bonchev–Trinajstić information content (AvgIpc) is 3.22. The van der Waals surface area contributed by atoms with Crippen molar-refractivity contribution >= 4 is 5.69 Å². The van der Waals surface area contributed by atoms with Gasteiger partial charge in [-0.05, 0) is 39.2 Å². The van der Waals surface area contributed by atoms with Gasteiger partial charge in [0, 0.05) is 12.1 Å². The second kappa shape index (κ2) is 6.34. The van der Waals surface area contributed by atoms with E-state index in [4.69, 9.17) is 9.84 Å². The molecule has 0 saturated heterocycles. The Hall–Kier alpha value is -1.85. The van der Waals surface area contributed by atoms with Crippen LogP contribution in [0.2, 0.25) is 0 Å². The summed E-state index contributed by atoms with van der Waals surface area (Å²) in [4.78, 5) is 0. The molecular weight excluding hydrogens is 290 g/mol. The summed E-state index contributed by atoms with van der Waals surface area (Å²) >= 11 is 0. The molecule has 0 amide bonds. The topological polar surface area (TPSA) is 59.3 Å². The van der Waals surface area contributed by atoms with Gasteiger partial charge in [-0.3, -0.25) is 4.68 Å². The SMILES string of the molecule is CC(C)(C)OC(O)Nc1cn(Cc2ccccc2)nc1C1CC1. The van der Waals surface area contributed by atoms with Crippen LogP contribution < -0.4 is 5.32 Å². The molecule has 0 bridgehead atoms. The molecular formula is C18H25N3O2. The summed E-state index contributed by atoms with van der Waals surface area (Å²) in [7, 11) is 0. The van der Waals surface area contributed by atoms with Crippen molar-refractivity contribution in [3.8, 4) is 0 Å². The molecule has 1 unspecified atom stereocenters. The van der Waals surface area contributed by atoms with Gasteiger partial charge < -0.3 is 15.2 Å². The van der Waals surface area contributed by atoms with Crippen LogP contribution in [0.3, 0.4) is 0 Å². The van der Waals surface area contributed by atoms with Crippen molar-refractivity contribution in [3.05, 3.63) is 47.8 Å². The first-order valence-electron chi connectivity index (χ1n) is 8.14. The highest BCUT2D eigenvalue weighted by Crippen LogP contribution is 2.42. The smallest absolute Gasteiger partial charge is 0.236 e. The highest BCUT2D eigenvalue weighted by molar-refractivity contribution is 5.49. The Bertz CT molecular complexity index is 642. The maximum Gasteiger partial charge on any atom is 0.236 e. The van der Waals surface area contributed by atoms with Gasteiger partial charge in [0.2, 0.25) is 6.41 Å². The van der Waals surface area contributed by atoms with E-state index in [0.717, 1.165) is 30.8 Å². The third kappa shape index (κ3) is 4.56. The van der Waals surface area contributed by atoms with E-state index in [1.807, 2.05) is 49.8 Å². The quantitative estimate of drug-likeness (QED) is 0.803. The third-order valence-electron chi connectivity index (χ3n) is 3.69. The number of nitrogens with one attached hydrogen (secondary N) is 1.